The van der Waals surface area contributed by atoms with Crippen LogP contribution in [-0.4, -0.2) is 11.1 Å². The second kappa shape index (κ2) is 8.52. The lowest BCUT2D eigenvalue weighted by Gasteiger charge is -2.48. The van der Waals surface area contributed by atoms with Gasteiger partial charge in [-0.1, -0.05) is 71.4 Å². The molecule has 0 fully saturated rings. The first kappa shape index (κ1) is 19.7. The monoisotopic (exact) mass is 318 g/mol. The Hall–Kier alpha value is -1.31. The van der Waals surface area contributed by atoms with Crippen LogP contribution in [0.1, 0.15) is 72.3 Å². The Bertz CT molecular complexity index is 474. The van der Waals surface area contributed by atoms with Gasteiger partial charge in [-0.25, -0.2) is 0 Å². The van der Waals surface area contributed by atoms with Crippen LogP contribution in [-0.2, 0) is 11.2 Å². The maximum absolute atomic E-state index is 12.3. The van der Waals surface area contributed by atoms with Gasteiger partial charge in [-0.15, -0.1) is 0 Å². The lowest BCUT2D eigenvalue weighted by molar-refractivity contribution is -0.161. The second-order valence-corrected chi connectivity index (χ2v) is 7.32. The Balaban J connectivity index is 3.34. The van der Waals surface area contributed by atoms with Gasteiger partial charge in [0, 0.05) is 0 Å². The zero-order chi connectivity index (χ0) is 17.5. The van der Waals surface area contributed by atoms with Gasteiger partial charge in [0.25, 0.3) is 0 Å². The van der Waals surface area contributed by atoms with Crippen molar-refractivity contribution in [1.29, 1.82) is 0 Å². The summed E-state index contributed by atoms with van der Waals surface area (Å²) in [7, 11) is 0. The molecule has 0 aliphatic rings. The van der Waals surface area contributed by atoms with Gasteiger partial charge in [0.1, 0.15) is 0 Å². The third-order valence-electron chi connectivity index (χ3n) is 5.89. The van der Waals surface area contributed by atoms with E-state index in [1.165, 1.54) is 5.56 Å². The van der Waals surface area contributed by atoms with E-state index in [4.69, 9.17) is 0 Å². The summed E-state index contributed by atoms with van der Waals surface area (Å²) in [5.74, 6) is -0.0269. The molecule has 1 N–H and O–H groups in total. The average molecular weight is 319 g/mol. The molecular weight excluding hydrogens is 284 g/mol. The number of hydrogen-bond acceptors (Lipinski definition) is 1. The lowest BCUT2D eigenvalue weighted by Crippen LogP contribution is -2.48. The van der Waals surface area contributed by atoms with Gasteiger partial charge >= 0.3 is 5.97 Å². The van der Waals surface area contributed by atoms with E-state index in [0.717, 1.165) is 25.7 Å². The Morgan fingerprint density at radius 1 is 1.04 bits per heavy atom. The van der Waals surface area contributed by atoms with Crippen molar-refractivity contribution in [3.63, 3.8) is 0 Å². The van der Waals surface area contributed by atoms with Crippen molar-refractivity contribution < 1.29 is 9.90 Å². The standard InChI is InChI=1S/C21H34O2/c1-6-20(15-14-17(4)5,16-18-12-10-9-11-13-18)21(7-2,8-3)19(22)23/h9-13,17H,6-8,14-16H2,1-5H3,(H,22,23). The van der Waals surface area contributed by atoms with Crippen LogP contribution in [0.5, 0.6) is 0 Å². The highest BCUT2D eigenvalue weighted by molar-refractivity contribution is 5.76. The molecule has 0 saturated carbocycles. The van der Waals surface area contributed by atoms with Crippen LogP contribution < -0.4 is 0 Å². The quantitative estimate of drug-likeness (QED) is 0.578. The van der Waals surface area contributed by atoms with Gasteiger partial charge in [-0.3, -0.25) is 4.79 Å². The van der Waals surface area contributed by atoms with Crippen LogP contribution in [0.3, 0.4) is 0 Å². The smallest absolute Gasteiger partial charge is 0.310 e. The summed E-state index contributed by atoms with van der Waals surface area (Å²) in [5, 5.41) is 10.1. The van der Waals surface area contributed by atoms with Crippen molar-refractivity contribution >= 4 is 5.97 Å². The molecule has 0 radical (unpaired) electrons. The summed E-state index contributed by atoms with van der Waals surface area (Å²) in [6.07, 6.45) is 5.20. The summed E-state index contributed by atoms with van der Waals surface area (Å²) >= 11 is 0. The minimum Gasteiger partial charge on any atom is -0.481 e. The molecule has 130 valence electrons. The Labute approximate surface area is 142 Å². The van der Waals surface area contributed by atoms with Gasteiger partial charge in [0.2, 0.25) is 0 Å². The lowest BCUT2D eigenvalue weighted by atomic mass is 9.54. The highest BCUT2D eigenvalue weighted by atomic mass is 16.4. The highest BCUT2D eigenvalue weighted by Crippen LogP contribution is 2.53. The molecule has 0 aromatic heterocycles. The van der Waals surface area contributed by atoms with E-state index >= 15 is 0 Å². The van der Waals surface area contributed by atoms with Crippen LogP contribution in [0.15, 0.2) is 30.3 Å². The Morgan fingerprint density at radius 2 is 1.61 bits per heavy atom. The van der Waals surface area contributed by atoms with Crippen molar-refractivity contribution in [2.45, 2.75) is 73.1 Å². The van der Waals surface area contributed by atoms with E-state index in [0.29, 0.717) is 18.8 Å². The first-order valence-corrected chi connectivity index (χ1v) is 9.14. The molecule has 1 rings (SSSR count). The highest BCUT2D eigenvalue weighted by Gasteiger charge is 2.52. The zero-order valence-corrected chi connectivity index (χ0v) is 15.6. The summed E-state index contributed by atoms with van der Waals surface area (Å²) in [5.41, 5.74) is 0.422. The summed E-state index contributed by atoms with van der Waals surface area (Å²) < 4.78 is 0. The van der Waals surface area contributed by atoms with E-state index in [1.54, 1.807) is 0 Å². The molecule has 2 heteroatoms. The molecule has 1 aromatic carbocycles. The van der Waals surface area contributed by atoms with Crippen molar-refractivity contribution in [2.24, 2.45) is 16.7 Å². The number of carbonyl (C=O) groups is 1. The van der Waals surface area contributed by atoms with Crippen LogP contribution >= 0.6 is 0 Å². The molecule has 0 saturated heterocycles. The number of aliphatic carboxylic acids is 1. The normalized spacial score (nSPS) is 14.7. The van der Waals surface area contributed by atoms with Crippen molar-refractivity contribution in [2.75, 3.05) is 0 Å². The van der Waals surface area contributed by atoms with E-state index in [2.05, 4.69) is 45.0 Å². The van der Waals surface area contributed by atoms with E-state index in [9.17, 15) is 9.90 Å². The predicted molar refractivity (Wildman–Crippen MR) is 97.6 cm³/mol. The third kappa shape index (κ3) is 4.16. The van der Waals surface area contributed by atoms with E-state index in [1.807, 2.05) is 19.9 Å². The van der Waals surface area contributed by atoms with Crippen LogP contribution in [0.4, 0.5) is 0 Å². The van der Waals surface area contributed by atoms with Gasteiger partial charge in [-0.05, 0) is 49.0 Å². The molecule has 2 nitrogen and oxygen atoms in total. The fraction of sp³-hybridized carbons (Fsp3) is 0.667. The molecule has 1 unspecified atom stereocenters. The summed E-state index contributed by atoms with van der Waals surface area (Å²) in [6.45, 7) is 10.7. The summed E-state index contributed by atoms with van der Waals surface area (Å²) in [4.78, 5) is 12.3. The molecule has 0 bridgehead atoms. The number of hydrogen-bond donors (Lipinski definition) is 1. The second-order valence-electron chi connectivity index (χ2n) is 7.32. The minimum absolute atomic E-state index is 0.187. The molecule has 23 heavy (non-hydrogen) atoms. The molecular formula is C21H34O2. The van der Waals surface area contributed by atoms with Crippen molar-refractivity contribution in [3.8, 4) is 0 Å². The van der Waals surface area contributed by atoms with Gasteiger partial charge in [0.15, 0.2) is 0 Å². The van der Waals surface area contributed by atoms with E-state index < -0.39 is 11.4 Å². The molecule has 1 atom stereocenters. The maximum Gasteiger partial charge on any atom is 0.310 e. The zero-order valence-electron chi connectivity index (χ0n) is 15.6. The van der Waals surface area contributed by atoms with Crippen LogP contribution in [0.25, 0.3) is 0 Å². The molecule has 0 spiro atoms. The Morgan fingerprint density at radius 3 is 2.00 bits per heavy atom. The van der Waals surface area contributed by atoms with Gasteiger partial charge in [0.05, 0.1) is 5.41 Å². The van der Waals surface area contributed by atoms with Crippen molar-refractivity contribution in [1.82, 2.24) is 0 Å². The largest absolute Gasteiger partial charge is 0.481 e. The number of carboxylic acid groups (broad SMARTS) is 1. The van der Waals surface area contributed by atoms with Crippen LogP contribution in [0, 0.1) is 16.7 Å². The minimum atomic E-state index is -0.646. The third-order valence-corrected chi connectivity index (χ3v) is 5.89. The first-order chi connectivity index (χ1) is 10.9. The number of benzene rings is 1. The first-order valence-electron chi connectivity index (χ1n) is 9.14. The van der Waals surface area contributed by atoms with Crippen LogP contribution in [0.2, 0.25) is 0 Å². The predicted octanol–water partition coefficient (Wildman–Crippen LogP) is 5.95. The van der Waals surface area contributed by atoms with Gasteiger partial charge in [-0.2, -0.15) is 0 Å². The average Bonchev–Trinajstić information content (AvgIpc) is 2.54. The topological polar surface area (TPSA) is 37.3 Å². The fourth-order valence-electron chi connectivity index (χ4n) is 4.22. The van der Waals surface area contributed by atoms with E-state index in [-0.39, 0.29) is 5.41 Å². The molecule has 0 amide bonds. The maximum atomic E-state index is 12.3. The fourth-order valence-corrected chi connectivity index (χ4v) is 4.22. The van der Waals surface area contributed by atoms with Crippen molar-refractivity contribution in [3.05, 3.63) is 35.9 Å². The molecule has 1 aromatic rings. The number of rotatable bonds is 10. The van der Waals surface area contributed by atoms with Gasteiger partial charge < -0.3 is 5.11 Å². The number of carboxylic acids is 1. The summed E-state index contributed by atoms with van der Waals surface area (Å²) in [6, 6.07) is 10.4. The SMILES string of the molecule is CCC(CCC(C)C)(Cc1ccccc1)C(CC)(CC)C(=O)O. The molecule has 0 heterocycles. The Kier molecular flexibility index (Phi) is 7.31. The molecule has 0 aliphatic carbocycles. The molecule has 0 aliphatic heterocycles.